The van der Waals surface area contributed by atoms with Crippen molar-refractivity contribution in [3.05, 3.63) is 28.8 Å². The number of ether oxygens (including phenoxy) is 1. The summed E-state index contributed by atoms with van der Waals surface area (Å²) >= 11 is 5.68. The zero-order valence-corrected chi connectivity index (χ0v) is 10.3. The number of hydrogen-bond donors (Lipinski definition) is 1. The maximum absolute atomic E-state index is 11.5. The van der Waals surface area contributed by atoms with Crippen LogP contribution in [0.4, 0.5) is 5.69 Å². The molecule has 0 aliphatic heterocycles. The van der Waals surface area contributed by atoms with Gasteiger partial charge in [0.1, 0.15) is 0 Å². The average Bonchev–Trinajstić information content (AvgIpc) is 2.29. The molecule has 96 valence electrons. The van der Waals surface area contributed by atoms with E-state index in [1.807, 2.05) is 0 Å². The van der Waals surface area contributed by atoms with Crippen molar-refractivity contribution in [3.8, 4) is 0 Å². The lowest BCUT2D eigenvalue weighted by molar-refractivity contribution is -0.134. The number of oxime groups is 1. The highest BCUT2D eigenvalue weighted by Crippen LogP contribution is 2.18. The van der Waals surface area contributed by atoms with Crippen molar-refractivity contribution in [1.82, 2.24) is 0 Å². The highest BCUT2D eigenvalue weighted by molar-refractivity contribution is 6.31. The second kappa shape index (κ2) is 6.61. The summed E-state index contributed by atoms with van der Waals surface area (Å²) in [6.45, 7) is 1.86. The number of rotatable bonds is 4. The van der Waals surface area contributed by atoms with Crippen LogP contribution in [0.15, 0.2) is 23.4 Å². The van der Waals surface area contributed by atoms with Gasteiger partial charge in [-0.15, -0.1) is 0 Å². The molecule has 0 amide bonds. The fourth-order valence-corrected chi connectivity index (χ4v) is 1.25. The van der Waals surface area contributed by atoms with Gasteiger partial charge in [0.2, 0.25) is 0 Å². The molecular weight excluding hydrogens is 260 g/mol. The lowest BCUT2D eigenvalue weighted by atomic mass is 10.2. The van der Waals surface area contributed by atoms with E-state index in [0.717, 1.165) is 6.21 Å². The lowest BCUT2D eigenvalue weighted by Crippen LogP contribution is -2.08. The minimum Gasteiger partial charge on any atom is -0.462 e. The van der Waals surface area contributed by atoms with Crippen molar-refractivity contribution in [2.75, 3.05) is 12.3 Å². The first kappa shape index (κ1) is 14.0. The largest absolute Gasteiger partial charge is 0.462 e. The third kappa shape index (κ3) is 4.06. The lowest BCUT2D eigenvalue weighted by Gasteiger charge is -2.02. The molecule has 0 spiro atoms. The van der Waals surface area contributed by atoms with Gasteiger partial charge in [0, 0.05) is 10.7 Å². The molecule has 0 radical (unpaired) electrons. The molecule has 0 heterocycles. The van der Waals surface area contributed by atoms with Crippen LogP contribution in [0.2, 0.25) is 5.02 Å². The van der Waals surface area contributed by atoms with Crippen LogP contribution >= 0.6 is 11.6 Å². The maximum Gasteiger partial charge on any atom is 0.367 e. The monoisotopic (exact) mass is 270 g/mol. The summed E-state index contributed by atoms with van der Waals surface area (Å²) in [7, 11) is 0. The zero-order chi connectivity index (χ0) is 13.5. The van der Waals surface area contributed by atoms with Crippen LogP contribution in [0.5, 0.6) is 0 Å². The number of halogens is 1. The van der Waals surface area contributed by atoms with E-state index in [9.17, 15) is 9.59 Å². The molecule has 0 saturated heterocycles. The fraction of sp³-hybridized carbons (Fsp3) is 0.182. The van der Waals surface area contributed by atoms with Gasteiger partial charge in [0.25, 0.3) is 0 Å². The second-order valence-electron chi connectivity index (χ2n) is 3.10. The van der Waals surface area contributed by atoms with Gasteiger partial charge < -0.3 is 15.3 Å². The molecular formula is C11H11ClN2O4. The SMILES string of the molecule is CCOC(=O)/C=N/OC(=O)c1ccc(Cl)cc1N. The Morgan fingerprint density at radius 3 is 2.83 bits per heavy atom. The number of esters is 1. The Labute approximate surface area is 108 Å². The van der Waals surface area contributed by atoms with Crippen molar-refractivity contribution in [3.63, 3.8) is 0 Å². The molecule has 1 aromatic rings. The zero-order valence-electron chi connectivity index (χ0n) is 9.55. The summed E-state index contributed by atoms with van der Waals surface area (Å²) in [6, 6.07) is 4.30. The fourth-order valence-electron chi connectivity index (χ4n) is 1.07. The van der Waals surface area contributed by atoms with E-state index in [-0.39, 0.29) is 17.9 Å². The first-order valence-corrected chi connectivity index (χ1v) is 5.39. The molecule has 6 nitrogen and oxygen atoms in total. The van der Waals surface area contributed by atoms with E-state index >= 15 is 0 Å². The summed E-state index contributed by atoms with van der Waals surface area (Å²) < 4.78 is 4.55. The molecule has 0 bridgehead atoms. The van der Waals surface area contributed by atoms with E-state index in [0.29, 0.717) is 5.02 Å². The molecule has 0 aliphatic rings. The van der Waals surface area contributed by atoms with E-state index in [1.54, 1.807) is 6.92 Å². The first-order chi connectivity index (χ1) is 8.54. The number of nitrogens with two attached hydrogens (primary N) is 1. The van der Waals surface area contributed by atoms with Gasteiger partial charge in [-0.2, -0.15) is 0 Å². The predicted octanol–water partition coefficient (Wildman–Crippen LogP) is 1.63. The minimum atomic E-state index is -0.787. The van der Waals surface area contributed by atoms with Crippen LogP contribution in [-0.2, 0) is 14.4 Å². The standard InChI is InChI=1S/C11H11ClN2O4/c1-2-17-10(15)6-14-18-11(16)8-4-3-7(12)5-9(8)13/h3-6H,2,13H2,1H3/b14-6+. The number of nitrogens with zero attached hydrogens (tertiary/aromatic N) is 1. The first-order valence-electron chi connectivity index (χ1n) is 5.01. The number of nitrogen functional groups attached to an aromatic ring is 1. The summed E-state index contributed by atoms with van der Waals surface area (Å²) in [5.41, 5.74) is 5.85. The Bertz CT molecular complexity index is 488. The topological polar surface area (TPSA) is 91.0 Å². The number of hydrogen-bond acceptors (Lipinski definition) is 6. The summed E-state index contributed by atoms with van der Waals surface area (Å²) in [4.78, 5) is 26.8. The summed E-state index contributed by atoms with van der Waals surface area (Å²) in [5, 5.41) is 3.59. The van der Waals surface area contributed by atoms with Crippen molar-refractivity contribution < 1.29 is 19.2 Å². The number of benzene rings is 1. The molecule has 7 heteroatoms. The summed E-state index contributed by atoms with van der Waals surface area (Å²) in [5.74, 6) is -1.49. The third-order valence-electron chi connectivity index (χ3n) is 1.81. The number of carbonyl (C=O) groups excluding carboxylic acids is 2. The van der Waals surface area contributed by atoms with Gasteiger partial charge in [0.15, 0.2) is 6.21 Å². The van der Waals surface area contributed by atoms with Gasteiger partial charge >= 0.3 is 11.9 Å². The van der Waals surface area contributed by atoms with Crippen LogP contribution in [-0.4, -0.2) is 24.8 Å². The van der Waals surface area contributed by atoms with Crippen LogP contribution in [0, 0.1) is 0 Å². The molecule has 18 heavy (non-hydrogen) atoms. The molecule has 1 aromatic carbocycles. The molecule has 1 rings (SSSR count). The molecule has 2 N–H and O–H groups in total. The number of carbonyl (C=O) groups is 2. The highest BCUT2D eigenvalue weighted by Gasteiger charge is 2.11. The van der Waals surface area contributed by atoms with Gasteiger partial charge in [0.05, 0.1) is 12.2 Å². The Morgan fingerprint density at radius 1 is 1.50 bits per heavy atom. The van der Waals surface area contributed by atoms with Gasteiger partial charge in [-0.05, 0) is 25.1 Å². The molecule has 0 fully saturated rings. The highest BCUT2D eigenvalue weighted by atomic mass is 35.5. The molecule has 0 atom stereocenters. The summed E-state index contributed by atoms with van der Waals surface area (Å²) in [6.07, 6.45) is 0.757. The Morgan fingerprint density at radius 2 is 2.22 bits per heavy atom. The maximum atomic E-state index is 11.5. The quantitative estimate of drug-likeness (QED) is 0.295. The predicted molar refractivity (Wildman–Crippen MR) is 66.4 cm³/mol. The van der Waals surface area contributed by atoms with Gasteiger partial charge in [-0.1, -0.05) is 16.8 Å². The Hall–Kier alpha value is -2.08. The van der Waals surface area contributed by atoms with Crippen LogP contribution in [0.3, 0.4) is 0 Å². The molecule has 0 aromatic heterocycles. The van der Waals surface area contributed by atoms with Crippen molar-refractivity contribution in [2.24, 2.45) is 5.16 Å². The number of anilines is 1. The molecule has 0 unspecified atom stereocenters. The van der Waals surface area contributed by atoms with Crippen molar-refractivity contribution in [1.29, 1.82) is 0 Å². The van der Waals surface area contributed by atoms with E-state index in [1.165, 1.54) is 18.2 Å². The van der Waals surface area contributed by atoms with Gasteiger partial charge in [-0.25, -0.2) is 9.59 Å². The second-order valence-corrected chi connectivity index (χ2v) is 3.53. The van der Waals surface area contributed by atoms with Gasteiger partial charge in [-0.3, -0.25) is 0 Å². The molecule has 0 aliphatic carbocycles. The smallest absolute Gasteiger partial charge is 0.367 e. The van der Waals surface area contributed by atoms with Crippen LogP contribution in [0.1, 0.15) is 17.3 Å². The Kier molecular flexibility index (Phi) is 5.13. The Balaban J connectivity index is 2.63. The van der Waals surface area contributed by atoms with E-state index in [4.69, 9.17) is 17.3 Å². The van der Waals surface area contributed by atoms with Crippen LogP contribution in [0.25, 0.3) is 0 Å². The van der Waals surface area contributed by atoms with Crippen LogP contribution < -0.4 is 5.73 Å². The minimum absolute atomic E-state index is 0.111. The van der Waals surface area contributed by atoms with Crippen molar-refractivity contribution in [2.45, 2.75) is 6.92 Å². The van der Waals surface area contributed by atoms with E-state index in [2.05, 4.69) is 14.7 Å². The normalized spacial score (nSPS) is 10.3. The molecule has 0 saturated carbocycles. The van der Waals surface area contributed by atoms with E-state index < -0.39 is 11.9 Å². The van der Waals surface area contributed by atoms with Crippen molar-refractivity contribution >= 4 is 35.4 Å². The third-order valence-corrected chi connectivity index (χ3v) is 2.05. The average molecular weight is 271 g/mol.